The summed E-state index contributed by atoms with van der Waals surface area (Å²) < 4.78 is 6.61. The van der Waals surface area contributed by atoms with Crippen LogP contribution in [0, 0.1) is 12.8 Å². The largest absolute Gasteiger partial charge is 0.359 e. The Kier molecular flexibility index (Phi) is 4.53. The van der Waals surface area contributed by atoms with E-state index < -0.39 is 11.6 Å². The lowest BCUT2D eigenvalue weighted by Crippen LogP contribution is -2.57. The third kappa shape index (κ3) is 2.85. The highest BCUT2D eigenvalue weighted by molar-refractivity contribution is 5.97. The quantitative estimate of drug-likeness (QED) is 0.757. The molecule has 2 saturated carbocycles. The van der Waals surface area contributed by atoms with E-state index >= 15 is 0 Å². The summed E-state index contributed by atoms with van der Waals surface area (Å²) in [5, 5.41) is 3.30. The van der Waals surface area contributed by atoms with Crippen LogP contribution in [0.15, 0.2) is 36.4 Å². The minimum Gasteiger partial charge on any atom is -0.359 e. The molecule has 1 N–H and O–H groups in total. The van der Waals surface area contributed by atoms with Gasteiger partial charge >= 0.3 is 0 Å². The molecule has 1 spiro atoms. The molecule has 5 nitrogen and oxygen atoms in total. The molecular formula is C26H32N2O3. The first-order valence-electron chi connectivity index (χ1n) is 12.1. The first-order valence-corrected chi connectivity index (χ1v) is 12.1. The maximum absolute atomic E-state index is 14.0. The number of carbonyl (C=O) groups excluding carboxylic acids is 2. The smallest absolute Gasteiger partial charge is 0.246 e. The number of carbonyl (C=O) groups is 2. The van der Waals surface area contributed by atoms with E-state index in [1.807, 2.05) is 4.90 Å². The van der Waals surface area contributed by atoms with Gasteiger partial charge in [0.05, 0.1) is 12.0 Å². The van der Waals surface area contributed by atoms with Crippen LogP contribution in [-0.2, 0) is 14.3 Å². The predicted molar refractivity (Wildman–Crippen MR) is 117 cm³/mol. The fourth-order valence-corrected chi connectivity index (χ4v) is 7.00. The third-order valence-corrected chi connectivity index (χ3v) is 8.44. The van der Waals surface area contributed by atoms with Crippen molar-refractivity contribution in [3.05, 3.63) is 47.5 Å². The van der Waals surface area contributed by atoms with Crippen LogP contribution < -0.4 is 5.32 Å². The maximum Gasteiger partial charge on any atom is 0.246 e. The van der Waals surface area contributed by atoms with Gasteiger partial charge < -0.3 is 15.0 Å². The molecule has 4 fully saturated rings. The molecule has 0 unspecified atom stereocenters. The number of nitrogens with one attached hydrogen (secondary N) is 1. The molecule has 1 aromatic rings. The Balaban J connectivity index is 1.39. The SMILES string of the molecule is Cc1ccc([C@H]2[C@H]3C(=O)N(C4CCCC4)[C@@H](C(=O)NC4CCCC4)[C@@]34C=C[C@H]2O4)cc1. The van der Waals surface area contributed by atoms with Crippen LogP contribution in [0.25, 0.3) is 0 Å². The van der Waals surface area contributed by atoms with Crippen molar-refractivity contribution in [1.82, 2.24) is 10.2 Å². The Morgan fingerprint density at radius 2 is 1.74 bits per heavy atom. The van der Waals surface area contributed by atoms with Crippen LogP contribution in [0.1, 0.15) is 68.4 Å². The van der Waals surface area contributed by atoms with Crippen molar-refractivity contribution in [2.45, 2.75) is 94.0 Å². The van der Waals surface area contributed by atoms with E-state index in [9.17, 15) is 9.59 Å². The number of likely N-dealkylation sites (tertiary alicyclic amines) is 1. The summed E-state index contributed by atoms with van der Waals surface area (Å²) in [7, 11) is 0. The van der Waals surface area contributed by atoms with Crippen molar-refractivity contribution in [1.29, 1.82) is 0 Å². The van der Waals surface area contributed by atoms with Crippen molar-refractivity contribution >= 4 is 11.8 Å². The van der Waals surface area contributed by atoms with Gasteiger partial charge in [0.1, 0.15) is 11.6 Å². The molecule has 3 heterocycles. The number of benzene rings is 1. The van der Waals surface area contributed by atoms with Gasteiger partial charge in [0.25, 0.3) is 0 Å². The minimum absolute atomic E-state index is 0.00972. The van der Waals surface area contributed by atoms with Crippen LogP contribution in [-0.4, -0.2) is 46.5 Å². The van der Waals surface area contributed by atoms with Gasteiger partial charge in [0.15, 0.2) is 0 Å². The van der Waals surface area contributed by atoms with E-state index in [-0.39, 0.29) is 41.8 Å². The molecule has 2 saturated heterocycles. The van der Waals surface area contributed by atoms with E-state index in [4.69, 9.17) is 4.74 Å². The summed E-state index contributed by atoms with van der Waals surface area (Å²) in [6.07, 6.45) is 12.7. The molecule has 5 heteroatoms. The number of hydrogen-bond donors (Lipinski definition) is 1. The molecule has 164 valence electrons. The van der Waals surface area contributed by atoms with Crippen molar-refractivity contribution < 1.29 is 14.3 Å². The van der Waals surface area contributed by atoms with E-state index in [1.165, 1.54) is 18.4 Å². The highest BCUT2D eigenvalue weighted by Crippen LogP contribution is 2.59. The van der Waals surface area contributed by atoms with Gasteiger partial charge in [-0.2, -0.15) is 0 Å². The van der Waals surface area contributed by atoms with Crippen LogP contribution in [0.4, 0.5) is 0 Å². The lowest BCUT2D eigenvalue weighted by atomic mass is 9.72. The van der Waals surface area contributed by atoms with Gasteiger partial charge in [0.2, 0.25) is 11.8 Å². The lowest BCUT2D eigenvalue weighted by Gasteiger charge is -2.36. The second-order valence-corrected chi connectivity index (χ2v) is 10.3. The second-order valence-electron chi connectivity index (χ2n) is 10.3. The number of rotatable bonds is 4. The summed E-state index contributed by atoms with van der Waals surface area (Å²) in [6, 6.07) is 8.31. The number of hydrogen-bond acceptors (Lipinski definition) is 3. The third-order valence-electron chi connectivity index (χ3n) is 8.44. The van der Waals surface area contributed by atoms with Gasteiger partial charge in [-0.15, -0.1) is 0 Å². The standard InChI is InChI=1S/C26H32N2O3/c1-16-10-12-17(13-11-16)21-20-14-15-26(31-20)22(21)25(30)28(19-8-4-5-9-19)23(26)24(29)27-18-6-2-3-7-18/h10-15,18-23H,2-9H2,1H3,(H,27,29)/t20-,21-,22+,23+,26-/m1/s1. The van der Waals surface area contributed by atoms with E-state index in [0.717, 1.165) is 44.1 Å². The first kappa shape index (κ1) is 19.5. The van der Waals surface area contributed by atoms with Crippen molar-refractivity contribution in [2.24, 2.45) is 5.92 Å². The van der Waals surface area contributed by atoms with Crippen molar-refractivity contribution in [3.63, 3.8) is 0 Å². The van der Waals surface area contributed by atoms with Gasteiger partial charge in [-0.1, -0.05) is 67.7 Å². The Bertz CT molecular complexity index is 913. The highest BCUT2D eigenvalue weighted by atomic mass is 16.5. The normalized spacial score (nSPS) is 37.2. The average molecular weight is 421 g/mol. The number of fused-ring (bicyclic) bond motifs is 1. The zero-order chi connectivity index (χ0) is 21.2. The molecule has 6 rings (SSSR count). The zero-order valence-electron chi connectivity index (χ0n) is 18.3. The molecular weight excluding hydrogens is 388 g/mol. The van der Waals surface area contributed by atoms with E-state index in [2.05, 4.69) is 48.7 Å². The molecule has 5 aliphatic rings. The van der Waals surface area contributed by atoms with Gasteiger partial charge in [-0.3, -0.25) is 9.59 Å². The molecule has 2 amide bonds. The Hall–Kier alpha value is -2.14. The topological polar surface area (TPSA) is 58.6 Å². The lowest BCUT2D eigenvalue weighted by molar-refractivity contribution is -0.142. The van der Waals surface area contributed by atoms with Gasteiger partial charge in [-0.25, -0.2) is 0 Å². The monoisotopic (exact) mass is 420 g/mol. The molecule has 5 atom stereocenters. The molecule has 2 aliphatic carbocycles. The van der Waals surface area contributed by atoms with Crippen molar-refractivity contribution in [2.75, 3.05) is 0 Å². The van der Waals surface area contributed by atoms with Crippen LogP contribution in [0.2, 0.25) is 0 Å². The Morgan fingerprint density at radius 1 is 1.06 bits per heavy atom. The maximum atomic E-state index is 14.0. The molecule has 1 aromatic carbocycles. The summed E-state index contributed by atoms with van der Waals surface area (Å²) in [4.78, 5) is 29.7. The number of nitrogens with zero attached hydrogens (tertiary/aromatic N) is 1. The Morgan fingerprint density at radius 3 is 2.45 bits per heavy atom. The highest BCUT2D eigenvalue weighted by Gasteiger charge is 2.72. The number of aryl methyl sites for hydroxylation is 1. The molecule has 2 bridgehead atoms. The van der Waals surface area contributed by atoms with Crippen LogP contribution in [0.3, 0.4) is 0 Å². The summed E-state index contributed by atoms with van der Waals surface area (Å²) in [5.74, 6) is -0.225. The molecule has 3 aliphatic heterocycles. The fraction of sp³-hybridized carbons (Fsp3) is 0.615. The Labute approximate surface area is 184 Å². The van der Waals surface area contributed by atoms with Crippen molar-refractivity contribution in [3.8, 4) is 0 Å². The van der Waals surface area contributed by atoms with Gasteiger partial charge in [0, 0.05) is 18.0 Å². The fourth-order valence-electron chi connectivity index (χ4n) is 7.00. The molecule has 31 heavy (non-hydrogen) atoms. The van der Waals surface area contributed by atoms with Crippen LogP contribution in [0.5, 0.6) is 0 Å². The van der Waals surface area contributed by atoms with E-state index in [0.29, 0.717) is 0 Å². The summed E-state index contributed by atoms with van der Waals surface area (Å²) in [5.41, 5.74) is 1.52. The summed E-state index contributed by atoms with van der Waals surface area (Å²) in [6.45, 7) is 2.08. The predicted octanol–water partition coefficient (Wildman–Crippen LogP) is 3.61. The second kappa shape index (κ2) is 7.19. The van der Waals surface area contributed by atoms with Crippen LogP contribution >= 0.6 is 0 Å². The first-order chi connectivity index (χ1) is 15.1. The summed E-state index contributed by atoms with van der Waals surface area (Å²) >= 11 is 0. The average Bonchev–Trinajstić information content (AvgIpc) is 3.57. The van der Waals surface area contributed by atoms with Gasteiger partial charge in [-0.05, 0) is 38.2 Å². The minimum atomic E-state index is -0.831. The zero-order valence-corrected chi connectivity index (χ0v) is 18.3. The van der Waals surface area contributed by atoms with E-state index in [1.54, 1.807) is 0 Å². The number of ether oxygens (including phenoxy) is 1. The molecule has 0 radical (unpaired) electrons. The number of amides is 2. The molecule has 0 aromatic heterocycles.